The number of cyclic esters (lactones) is 1. The number of carbonyl (C=O) groups excluding carboxylic acids is 2. The van der Waals surface area contributed by atoms with Gasteiger partial charge < -0.3 is 24.1 Å². The molecule has 2 rings (SSSR count). The molecule has 1 aliphatic rings. The van der Waals surface area contributed by atoms with Gasteiger partial charge in [-0.1, -0.05) is 0 Å². The Morgan fingerprint density at radius 1 is 1.38 bits per heavy atom. The third kappa shape index (κ3) is 2.64. The minimum Gasteiger partial charge on any atom is -0.497 e. The van der Waals surface area contributed by atoms with Crippen LogP contribution < -0.4 is 9.47 Å². The van der Waals surface area contributed by atoms with Crippen LogP contribution in [0.5, 0.6) is 11.5 Å². The molecule has 0 saturated carbocycles. The lowest BCUT2D eigenvalue weighted by Gasteiger charge is -2.17. The Kier molecular flexibility index (Phi) is 4.32. The Hall–Kier alpha value is -2.28. The van der Waals surface area contributed by atoms with Gasteiger partial charge in [0.25, 0.3) is 0 Å². The van der Waals surface area contributed by atoms with Crippen LogP contribution in [0.15, 0.2) is 12.1 Å². The Balaban J connectivity index is 2.44. The second-order valence-electron chi connectivity index (χ2n) is 4.32. The second-order valence-corrected chi connectivity index (χ2v) is 4.32. The van der Waals surface area contributed by atoms with Crippen LogP contribution in [0, 0.1) is 0 Å². The number of carbonyl (C=O) groups is 2. The molecule has 1 heterocycles. The molecule has 1 aromatic carbocycles. The number of rotatable bonds is 5. The van der Waals surface area contributed by atoms with Crippen molar-refractivity contribution in [3.05, 3.63) is 23.3 Å². The van der Waals surface area contributed by atoms with Gasteiger partial charge in [-0.15, -0.1) is 0 Å². The summed E-state index contributed by atoms with van der Waals surface area (Å²) in [6.07, 6.45) is -2.75. The molecule has 0 aromatic heterocycles. The summed E-state index contributed by atoms with van der Waals surface area (Å²) in [4.78, 5) is 23.6. The molecule has 0 bridgehead atoms. The smallest absolute Gasteiger partial charge is 0.343 e. The second kappa shape index (κ2) is 6.01. The molecule has 114 valence electrons. The van der Waals surface area contributed by atoms with Gasteiger partial charge in [0.2, 0.25) is 0 Å². The van der Waals surface area contributed by atoms with E-state index in [2.05, 4.69) is 0 Å². The molecule has 0 aliphatic carbocycles. The lowest BCUT2D eigenvalue weighted by molar-refractivity contribution is -0.159. The fourth-order valence-electron chi connectivity index (χ4n) is 2.16. The number of benzene rings is 1. The van der Waals surface area contributed by atoms with E-state index in [0.717, 1.165) is 0 Å². The third-order valence-electron chi connectivity index (χ3n) is 3.12. The zero-order valence-electron chi connectivity index (χ0n) is 11.9. The molecular weight excluding hydrogens is 280 g/mol. The highest BCUT2D eigenvalue weighted by atomic mass is 16.6. The predicted octanol–water partition coefficient (Wildman–Crippen LogP) is 0.839. The number of ether oxygens (including phenoxy) is 4. The zero-order valence-corrected chi connectivity index (χ0v) is 11.9. The zero-order chi connectivity index (χ0) is 15.6. The Morgan fingerprint density at radius 2 is 2.10 bits per heavy atom. The van der Waals surface area contributed by atoms with E-state index in [0.29, 0.717) is 11.3 Å². The van der Waals surface area contributed by atoms with Crippen molar-refractivity contribution >= 4 is 11.9 Å². The fraction of sp³-hybridized carbons (Fsp3) is 0.429. The van der Waals surface area contributed by atoms with Crippen LogP contribution in [0.1, 0.15) is 28.9 Å². The van der Waals surface area contributed by atoms with E-state index in [9.17, 15) is 14.7 Å². The van der Waals surface area contributed by atoms with E-state index in [1.807, 2.05) is 0 Å². The molecule has 1 N–H and O–H groups in total. The van der Waals surface area contributed by atoms with Crippen molar-refractivity contribution < 1.29 is 33.6 Å². The number of esters is 2. The molecule has 0 fully saturated rings. The van der Waals surface area contributed by atoms with Crippen LogP contribution in [0.4, 0.5) is 0 Å². The normalized spacial score (nSPS) is 17.7. The fourth-order valence-corrected chi connectivity index (χ4v) is 2.16. The molecule has 7 nitrogen and oxygen atoms in total. The summed E-state index contributed by atoms with van der Waals surface area (Å²) >= 11 is 0. The quantitative estimate of drug-likeness (QED) is 0.805. The molecule has 1 aromatic rings. The highest BCUT2D eigenvalue weighted by Gasteiger charge is 2.42. The highest BCUT2D eigenvalue weighted by Crippen LogP contribution is 2.41. The van der Waals surface area contributed by atoms with E-state index in [1.54, 1.807) is 6.92 Å². The standard InChI is InChI=1S/C14H16O7/c1-4-20-14(17)11(15)12-8-5-7(18-2)6-9(19-3)10(8)13(16)21-12/h5-6,11-12,15H,4H2,1-3H3. The Morgan fingerprint density at radius 3 is 2.67 bits per heavy atom. The van der Waals surface area contributed by atoms with Gasteiger partial charge in [0.15, 0.2) is 12.2 Å². The van der Waals surface area contributed by atoms with Crippen molar-refractivity contribution in [3.8, 4) is 11.5 Å². The molecule has 1 aliphatic heterocycles. The van der Waals surface area contributed by atoms with E-state index in [-0.39, 0.29) is 17.9 Å². The van der Waals surface area contributed by atoms with Crippen LogP contribution in [0.2, 0.25) is 0 Å². The maximum Gasteiger partial charge on any atom is 0.343 e. The SMILES string of the molecule is CCOC(=O)C(O)C1OC(=O)c2c(OC)cc(OC)cc21. The van der Waals surface area contributed by atoms with E-state index >= 15 is 0 Å². The monoisotopic (exact) mass is 296 g/mol. The van der Waals surface area contributed by atoms with Crippen molar-refractivity contribution in [2.24, 2.45) is 0 Å². The number of aliphatic hydroxyl groups is 1. The maximum atomic E-state index is 11.9. The van der Waals surface area contributed by atoms with Gasteiger partial charge in [0, 0.05) is 11.6 Å². The predicted molar refractivity (Wildman–Crippen MR) is 70.3 cm³/mol. The highest BCUT2D eigenvalue weighted by molar-refractivity contribution is 5.98. The maximum absolute atomic E-state index is 11.9. The van der Waals surface area contributed by atoms with Crippen molar-refractivity contribution in [1.29, 1.82) is 0 Å². The van der Waals surface area contributed by atoms with E-state index < -0.39 is 24.1 Å². The molecule has 0 saturated heterocycles. The van der Waals surface area contributed by atoms with Gasteiger partial charge >= 0.3 is 11.9 Å². The van der Waals surface area contributed by atoms with Crippen molar-refractivity contribution in [2.75, 3.05) is 20.8 Å². The van der Waals surface area contributed by atoms with Crippen molar-refractivity contribution in [2.45, 2.75) is 19.1 Å². The number of methoxy groups -OCH3 is 2. The molecule has 21 heavy (non-hydrogen) atoms. The summed E-state index contributed by atoms with van der Waals surface area (Å²) in [7, 11) is 2.85. The van der Waals surface area contributed by atoms with E-state index in [4.69, 9.17) is 18.9 Å². The van der Waals surface area contributed by atoms with E-state index in [1.165, 1.54) is 26.4 Å². The van der Waals surface area contributed by atoms with Crippen molar-refractivity contribution in [3.63, 3.8) is 0 Å². The van der Waals surface area contributed by atoms with Gasteiger partial charge in [0.1, 0.15) is 17.1 Å². The average Bonchev–Trinajstić information content (AvgIpc) is 2.82. The van der Waals surface area contributed by atoms with Gasteiger partial charge in [-0.3, -0.25) is 0 Å². The number of fused-ring (bicyclic) bond motifs is 1. The first-order valence-electron chi connectivity index (χ1n) is 6.35. The molecule has 2 unspecified atom stereocenters. The van der Waals surface area contributed by atoms with Gasteiger partial charge in [0.05, 0.1) is 20.8 Å². The van der Waals surface area contributed by atoms with Crippen LogP contribution in [0.3, 0.4) is 0 Å². The van der Waals surface area contributed by atoms with Crippen LogP contribution >= 0.6 is 0 Å². The van der Waals surface area contributed by atoms with Crippen LogP contribution in [0.25, 0.3) is 0 Å². The summed E-state index contributed by atoms with van der Waals surface area (Å²) in [6.45, 7) is 1.73. The van der Waals surface area contributed by atoms with Crippen LogP contribution in [-0.2, 0) is 14.3 Å². The molecule has 2 atom stereocenters. The first-order valence-corrected chi connectivity index (χ1v) is 6.35. The topological polar surface area (TPSA) is 91.3 Å². The van der Waals surface area contributed by atoms with Gasteiger partial charge in [-0.2, -0.15) is 0 Å². The summed E-state index contributed by atoms with van der Waals surface area (Å²) in [5, 5.41) is 10.0. The number of hydrogen-bond acceptors (Lipinski definition) is 7. The minimum absolute atomic E-state index is 0.116. The van der Waals surface area contributed by atoms with Crippen LogP contribution in [-0.4, -0.2) is 44.0 Å². The minimum atomic E-state index is -1.60. The van der Waals surface area contributed by atoms with Crippen molar-refractivity contribution in [1.82, 2.24) is 0 Å². The largest absolute Gasteiger partial charge is 0.497 e. The number of aliphatic hydroxyl groups excluding tert-OH is 1. The molecular formula is C14H16O7. The van der Waals surface area contributed by atoms with Gasteiger partial charge in [-0.05, 0) is 13.0 Å². The summed E-state index contributed by atoms with van der Waals surface area (Å²) in [6, 6.07) is 3.05. The molecule has 0 spiro atoms. The Bertz CT molecular complexity index is 567. The lowest BCUT2D eigenvalue weighted by Crippen LogP contribution is -2.30. The summed E-state index contributed by atoms with van der Waals surface area (Å²) in [5.74, 6) is -0.847. The third-order valence-corrected chi connectivity index (χ3v) is 3.12. The Labute approximate surface area is 121 Å². The summed E-state index contributed by atoms with van der Waals surface area (Å²) < 4.78 is 20.1. The molecule has 0 radical (unpaired) electrons. The molecule has 0 amide bonds. The van der Waals surface area contributed by atoms with Gasteiger partial charge in [-0.25, -0.2) is 9.59 Å². The lowest BCUT2D eigenvalue weighted by atomic mass is 10.00. The summed E-state index contributed by atoms with van der Waals surface area (Å²) in [5.41, 5.74) is 0.503. The molecule has 7 heteroatoms. The average molecular weight is 296 g/mol. The first-order chi connectivity index (χ1) is 10.0. The number of hydrogen-bond donors (Lipinski definition) is 1. The first kappa shape index (κ1) is 15.1.